The second kappa shape index (κ2) is 14.3. The largest absolute Gasteiger partial charge is 0.333 e. The first-order valence-electron chi connectivity index (χ1n) is 22.5. The summed E-state index contributed by atoms with van der Waals surface area (Å²) in [6, 6.07) is 81.5. The van der Waals surface area contributed by atoms with Crippen LogP contribution in [-0.4, -0.2) is 9.13 Å². The number of rotatable bonds is 6. The fourth-order valence-electron chi connectivity index (χ4n) is 11.6. The van der Waals surface area contributed by atoms with Crippen LogP contribution in [0.3, 0.4) is 0 Å². The maximum absolute atomic E-state index is 2.67. The highest BCUT2D eigenvalue weighted by Crippen LogP contribution is 2.60. The van der Waals surface area contributed by atoms with Gasteiger partial charge in [0.1, 0.15) is 0 Å². The average Bonchev–Trinajstić information content (AvgIpc) is 3.98. The summed E-state index contributed by atoms with van der Waals surface area (Å²) in [5.74, 6) is 0. The number of para-hydroxylation sites is 2. The fourth-order valence-corrected chi connectivity index (χ4v) is 11.6. The highest BCUT2D eigenvalue weighted by molar-refractivity contribution is 6.12. The molecule has 0 amide bonds. The molecule has 1 atom stereocenters. The summed E-state index contributed by atoms with van der Waals surface area (Å²) in [5, 5.41) is 5.07. The van der Waals surface area contributed by atoms with E-state index in [0.717, 1.165) is 12.1 Å². The molecule has 0 spiro atoms. The van der Waals surface area contributed by atoms with E-state index in [9.17, 15) is 0 Å². The second-order valence-corrected chi connectivity index (χ2v) is 17.6. The first-order chi connectivity index (χ1) is 31.7. The van der Waals surface area contributed by atoms with E-state index >= 15 is 0 Å². The van der Waals surface area contributed by atoms with E-state index in [4.69, 9.17) is 0 Å². The maximum Gasteiger partial charge on any atom is 0.0696 e. The predicted molar refractivity (Wildman–Crippen MR) is 268 cm³/mol. The van der Waals surface area contributed by atoms with Crippen molar-refractivity contribution >= 4 is 49.2 Å². The summed E-state index contributed by atoms with van der Waals surface area (Å²) >= 11 is 0. The number of fused-ring (bicyclic) bond motifs is 8. The normalized spacial score (nSPS) is 15.4. The molecule has 2 heteroatoms. The molecule has 0 saturated carbocycles. The summed E-state index contributed by atoms with van der Waals surface area (Å²) < 4.78 is 5.10. The molecule has 0 N–H and O–H groups in total. The predicted octanol–water partition coefficient (Wildman–Crippen LogP) is 15.8. The van der Waals surface area contributed by atoms with Crippen LogP contribution in [0.4, 0.5) is 0 Å². The Morgan fingerprint density at radius 2 is 0.984 bits per heavy atom. The van der Waals surface area contributed by atoms with Crippen molar-refractivity contribution in [1.29, 1.82) is 0 Å². The molecular weight excluding hydrogens is 773 g/mol. The first kappa shape index (κ1) is 36.7. The van der Waals surface area contributed by atoms with Crippen molar-refractivity contribution < 1.29 is 0 Å². The standard InChI is InChI=1S/C62H44N2/c1-41-17-14-18-42(37-41)43-19-15-24-48(38-43)63-56-30-12-9-26-50(56)53-39-44(33-35-58(53)63)45-34-36-59-54(40-45)51-27-10-13-31-57(51)64(59)60-32-16-28-52-49-25-8-11-29-55(49)62(61(52)60,46-20-4-2-5-21-46)47-22-6-3-7-23-47/h2-31,33-40,60H,32H2,1H3. The quantitative estimate of drug-likeness (QED) is 0.158. The summed E-state index contributed by atoms with van der Waals surface area (Å²) in [7, 11) is 0. The lowest BCUT2D eigenvalue weighted by molar-refractivity contribution is 0.543. The van der Waals surface area contributed by atoms with Crippen LogP contribution in [0.1, 0.15) is 40.3 Å². The molecule has 64 heavy (non-hydrogen) atoms. The zero-order chi connectivity index (χ0) is 42.4. The van der Waals surface area contributed by atoms with Crippen LogP contribution >= 0.6 is 0 Å². The van der Waals surface area contributed by atoms with Crippen LogP contribution < -0.4 is 0 Å². The van der Waals surface area contributed by atoms with Gasteiger partial charge in [-0.25, -0.2) is 0 Å². The number of aryl methyl sites for hydroxylation is 1. The number of hydrogen-bond donors (Lipinski definition) is 0. The fraction of sp³-hybridized carbons (Fsp3) is 0.0645. The molecular formula is C62H44N2. The third-order valence-corrected chi connectivity index (χ3v) is 14.2. The van der Waals surface area contributed by atoms with Crippen LogP contribution in [0.2, 0.25) is 0 Å². The molecule has 0 aliphatic heterocycles. The molecule has 0 radical (unpaired) electrons. The lowest BCUT2D eigenvalue weighted by Gasteiger charge is -2.40. The van der Waals surface area contributed by atoms with E-state index in [1.807, 2.05) is 0 Å². The monoisotopic (exact) mass is 816 g/mol. The molecule has 2 nitrogen and oxygen atoms in total. The average molecular weight is 817 g/mol. The van der Waals surface area contributed by atoms with Crippen molar-refractivity contribution in [3.8, 4) is 27.9 Å². The summed E-state index contributed by atoms with van der Waals surface area (Å²) in [5.41, 5.74) is 19.9. The minimum Gasteiger partial charge on any atom is -0.333 e. The van der Waals surface area contributed by atoms with Gasteiger partial charge in [0, 0.05) is 38.3 Å². The molecule has 1 unspecified atom stereocenters. The van der Waals surface area contributed by atoms with Gasteiger partial charge < -0.3 is 9.13 Å². The Morgan fingerprint density at radius 1 is 0.438 bits per heavy atom. The highest BCUT2D eigenvalue weighted by Gasteiger charge is 2.51. The molecule has 9 aromatic carbocycles. The lowest BCUT2D eigenvalue weighted by atomic mass is 9.64. The lowest BCUT2D eigenvalue weighted by Crippen LogP contribution is -2.34. The molecule has 2 aliphatic carbocycles. The minimum absolute atomic E-state index is 0.0768. The Labute approximate surface area is 373 Å². The van der Waals surface area contributed by atoms with Gasteiger partial charge in [0.2, 0.25) is 0 Å². The molecule has 2 aliphatic rings. The minimum atomic E-state index is -0.460. The summed E-state index contributed by atoms with van der Waals surface area (Å²) in [6.45, 7) is 2.16. The number of nitrogens with zero attached hydrogens (tertiary/aromatic N) is 2. The summed E-state index contributed by atoms with van der Waals surface area (Å²) in [6.07, 6.45) is 5.71. The Bertz CT molecular complexity index is 3670. The molecule has 13 rings (SSSR count). The van der Waals surface area contributed by atoms with E-state index in [2.05, 4.69) is 247 Å². The van der Waals surface area contributed by atoms with Gasteiger partial charge in [-0.3, -0.25) is 0 Å². The van der Waals surface area contributed by atoms with E-state index < -0.39 is 5.41 Å². The smallest absolute Gasteiger partial charge is 0.0696 e. The van der Waals surface area contributed by atoms with Gasteiger partial charge in [0.05, 0.1) is 22.5 Å². The van der Waals surface area contributed by atoms with E-state index in [0.29, 0.717) is 0 Å². The van der Waals surface area contributed by atoms with Crippen LogP contribution in [-0.2, 0) is 5.41 Å². The van der Waals surface area contributed by atoms with Crippen molar-refractivity contribution in [1.82, 2.24) is 9.13 Å². The molecule has 2 heterocycles. The van der Waals surface area contributed by atoms with Gasteiger partial charge in [-0.05, 0) is 118 Å². The van der Waals surface area contributed by atoms with Crippen LogP contribution in [0.5, 0.6) is 0 Å². The number of aromatic nitrogens is 2. The SMILES string of the molecule is Cc1cccc(-c2cccc(-n3c4ccccc4c4cc(-c5ccc6c(c5)c5ccccc5n6C5CC=CC6=C5C(c5ccccc5)(c5ccccc5)c5ccccc56)ccc43)c2)c1. The van der Waals surface area contributed by atoms with Gasteiger partial charge in [0.25, 0.3) is 0 Å². The zero-order valence-electron chi connectivity index (χ0n) is 35.6. The van der Waals surface area contributed by atoms with E-state index in [1.54, 1.807) is 0 Å². The zero-order valence-corrected chi connectivity index (χ0v) is 35.6. The number of allylic oxidation sites excluding steroid dienone is 4. The van der Waals surface area contributed by atoms with Crippen molar-refractivity contribution in [3.05, 3.63) is 264 Å². The van der Waals surface area contributed by atoms with Gasteiger partial charge in [0.15, 0.2) is 0 Å². The third kappa shape index (κ3) is 5.33. The molecule has 0 saturated heterocycles. The van der Waals surface area contributed by atoms with E-state index in [-0.39, 0.29) is 6.04 Å². The van der Waals surface area contributed by atoms with Crippen LogP contribution in [0.15, 0.2) is 236 Å². The highest BCUT2D eigenvalue weighted by atomic mass is 15.0. The van der Waals surface area contributed by atoms with Gasteiger partial charge in [-0.1, -0.05) is 188 Å². The van der Waals surface area contributed by atoms with Crippen LogP contribution in [0.25, 0.3) is 77.1 Å². The number of hydrogen-bond acceptors (Lipinski definition) is 0. The van der Waals surface area contributed by atoms with Crippen LogP contribution in [0, 0.1) is 6.92 Å². The summed E-state index contributed by atoms with van der Waals surface area (Å²) in [4.78, 5) is 0. The Kier molecular flexibility index (Phi) is 8.20. The molecule has 0 bridgehead atoms. The third-order valence-electron chi connectivity index (χ3n) is 14.2. The van der Waals surface area contributed by atoms with Crippen molar-refractivity contribution in [2.24, 2.45) is 0 Å². The Hall–Kier alpha value is -7.94. The van der Waals surface area contributed by atoms with Crippen molar-refractivity contribution in [2.45, 2.75) is 24.8 Å². The van der Waals surface area contributed by atoms with E-state index in [1.165, 1.54) is 105 Å². The molecule has 2 aromatic heterocycles. The van der Waals surface area contributed by atoms with Gasteiger partial charge >= 0.3 is 0 Å². The van der Waals surface area contributed by atoms with Gasteiger partial charge in [-0.15, -0.1) is 0 Å². The molecule has 11 aromatic rings. The van der Waals surface area contributed by atoms with Gasteiger partial charge in [-0.2, -0.15) is 0 Å². The Morgan fingerprint density at radius 3 is 1.72 bits per heavy atom. The molecule has 302 valence electrons. The number of benzene rings is 9. The first-order valence-corrected chi connectivity index (χ1v) is 22.5. The van der Waals surface area contributed by atoms with Crippen molar-refractivity contribution in [3.63, 3.8) is 0 Å². The Balaban J connectivity index is 0.984. The van der Waals surface area contributed by atoms with Crippen molar-refractivity contribution in [2.75, 3.05) is 0 Å². The topological polar surface area (TPSA) is 9.86 Å². The molecule has 0 fully saturated rings. The second-order valence-electron chi connectivity index (χ2n) is 17.6. The maximum atomic E-state index is 2.67.